The van der Waals surface area contributed by atoms with Gasteiger partial charge in [0.1, 0.15) is 0 Å². The summed E-state index contributed by atoms with van der Waals surface area (Å²) >= 11 is 0. The van der Waals surface area contributed by atoms with Gasteiger partial charge < -0.3 is 5.73 Å². The van der Waals surface area contributed by atoms with Gasteiger partial charge in [0.2, 0.25) is 5.91 Å². The van der Waals surface area contributed by atoms with Gasteiger partial charge in [-0.15, -0.1) is 0 Å². The van der Waals surface area contributed by atoms with Crippen molar-refractivity contribution in [2.45, 2.75) is 13.8 Å². The molecule has 0 radical (unpaired) electrons. The number of nitrogens with two attached hydrogens (primary N) is 1. The molecule has 0 heterocycles. The minimum atomic E-state index is -0.520. The topological polar surface area (TPSA) is 66.9 Å². The predicted molar refractivity (Wildman–Crippen MR) is 74.6 cm³/mol. The lowest BCUT2D eigenvalue weighted by Gasteiger charge is -2.13. The molecule has 0 saturated heterocycles. The van der Waals surface area contributed by atoms with Crippen LogP contribution < -0.4 is 5.73 Å². The first-order valence-electron chi connectivity index (χ1n) is 5.95. The summed E-state index contributed by atoms with van der Waals surface area (Å²) in [5, 5.41) is 9.24. The molecule has 0 fully saturated rings. The first kappa shape index (κ1) is 12.8. The Kier molecular flexibility index (Phi) is 3.35. The van der Waals surface area contributed by atoms with E-state index in [4.69, 9.17) is 5.73 Å². The molecule has 0 atom stereocenters. The van der Waals surface area contributed by atoms with Gasteiger partial charge in [-0.25, -0.2) is 0 Å². The Bertz CT molecular complexity index is 696. The van der Waals surface area contributed by atoms with E-state index in [0.29, 0.717) is 16.7 Å². The van der Waals surface area contributed by atoms with Crippen LogP contribution in [0.5, 0.6) is 0 Å². The standard InChI is InChI=1S/C16H14N2O/c1-10-5-3-7-13(11(10)2)15-12(9-17)6-4-8-14(15)16(18)19/h3-8H,1-2H3,(H2,18,19). The maximum Gasteiger partial charge on any atom is 0.249 e. The minimum absolute atomic E-state index is 0.382. The van der Waals surface area contributed by atoms with Gasteiger partial charge in [0.25, 0.3) is 0 Å². The smallest absolute Gasteiger partial charge is 0.249 e. The fourth-order valence-corrected chi connectivity index (χ4v) is 2.16. The second-order valence-electron chi connectivity index (χ2n) is 4.45. The van der Waals surface area contributed by atoms with Crippen molar-refractivity contribution in [3.63, 3.8) is 0 Å². The van der Waals surface area contributed by atoms with Crippen molar-refractivity contribution in [3.05, 3.63) is 58.7 Å². The molecule has 0 saturated carbocycles. The van der Waals surface area contributed by atoms with Crippen LogP contribution in [-0.2, 0) is 0 Å². The quantitative estimate of drug-likeness (QED) is 0.890. The van der Waals surface area contributed by atoms with E-state index in [2.05, 4.69) is 6.07 Å². The van der Waals surface area contributed by atoms with E-state index in [1.807, 2.05) is 32.0 Å². The average Bonchev–Trinajstić information content (AvgIpc) is 2.41. The first-order valence-corrected chi connectivity index (χ1v) is 5.95. The van der Waals surface area contributed by atoms with Crippen LogP contribution in [0.15, 0.2) is 36.4 Å². The number of hydrogen-bond donors (Lipinski definition) is 1. The van der Waals surface area contributed by atoms with Crippen LogP contribution in [0.2, 0.25) is 0 Å². The normalized spacial score (nSPS) is 9.95. The average molecular weight is 250 g/mol. The Labute approximate surface area is 112 Å². The number of primary amides is 1. The Balaban J connectivity index is 2.85. The number of carbonyl (C=O) groups is 1. The fraction of sp³-hybridized carbons (Fsp3) is 0.125. The monoisotopic (exact) mass is 250 g/mol. The molecule has 2 N–H and O–H groups in total. The van der Waals surface area contributed by atoms with E-state index >= 15 is 0 Å². The lowest BCUT2D eigenvalue weighted by atomic mass is 9.90. The molecule has 2 rings (SSSR count). The van der Waals surface area contributed by atoms with E-state index in [9.17, 15) is 10.1 Å². The maximum absolute atomic E-state index is 11.6. The summed E-state index contributed by atoms with van der Waals surface area (Å²) in [5.41, 5.74) is 9.93. The van der Waals surface area contributed by atoms with E-state index < -0.39 is 5.91 Å². The van der Waals surface area contributed by atoms with Crippen molar-refractivity contribution in [1.29, 1.82) is 5.26 Å². The van der Waals surface area contributed by atoms with Crippen molar-refractivity contribution in [2.24, 2.45) is 5.73 Å². The van der Waals surface area contributed by atoms with Crippen LogP contribution in [-0.4, -0.2) is 5.91 Å². The second-order valence-corrected chi connectivity index (χ2v) is 4.45. The molecule has 0 aliphatic heterocycles. The Hall–Kier alpha value is -2.60. The van der Waals surface area contributed by atoms with Gasteiger partial charge in [0, 0.05) is 11.1 Å². The summed E-state index contributed by atoms with van der Waals surface area (Å²) in [5.74, 6) is -0.520. The highest BCUT2D eigenvalue weighted by Crippen LogP contribution is 2.31. The Morgan fingerprint density at radius 2 is 1.84 bits per heavy atom. The molecule has 94 valence electrons. The summed E-state index contributed by atoms with van der Waals surface area (Å²) in [6, 6.07) is 13.0. The molecule has 0 aliphatic rings. The molecule has 3 nitrogen and oxygen atoms in total. The van der Waals surface area contributed by atoms with Crippen molar-refractivity contribution >= 4 is 5.91 Å². The van der Waals surface area contributed by atoms with Crippen molar-refractivity contribution < 1.29 is 4.79 Å². The van der Waals surface area contributed by atoms with E-state index in [-0.39, 0.29) is 0 Å². The second kappa shape index (κ2) is 4.95. The molecule has 19 heavy (non-hydrogen) atoms. The predicted octanol–water partition coefficient (Wildman–Crippen LogP) is 2.94. The molecular weight excluding hydrogens is 236 g/mol. The minimum Gasteiger partial charge on any atom is -0.366 e. The van der Waals surface area contributed by atoms with E-state index in [1.165, 1.54) is 0 Å². The van der Waals surface area contributed by atoms with Crippen LogP contribution in [0.25, 0.3) is 11.1 Å². The number of carbonyl (C=O) groups excluding carboxylic acids is 1. The van der Waals surface area contributed by atoms with Crippen LogP contribution in [0, 0.1) is 25.2 Å². The third-order valence-electron chi connectivity index (χ3n) is 3.32. The molecular formula is C16H14N2O. The number of hydrogen-bond acceptors (Lipinski definition) is 2. The van der Waals surface area contributed by atoms with Crippen LogP contribution in [0.3, 0.4) is 0 Å². The number of benzene rings is 2. The molecule has 0 bridgehead atoms. The molecule has 0 spiro atoms. The fourth-order valence-electron chi connectivity index (χ4n) is 2.16. The molecule has 0 aliphatic carbocycles. The largest absolute Gasteiger partial charge is 0.366 e. The third-order valence-corrected chi connectivity index (χ3v) is 3.32. The number of nitriles is 1. The van der Waals surface area contributed by atoms with Gasteiger partial charge in [-0.05, 0) is 42.7 Å². The number of rotatable bonds is 2. The zero-order valence-corrected chi connectivity index (χ0v) is 10.9. The lowest BCUT2D eigenvalue weighted by Crippen LogP contribution is -2.13. The lowest BCUT2D eigenvalue weighted by molar-refractivity contribution is 0.100. The molecule has 2 aromatic rings. The molecule has 3 heteroatoms. The van der Waals surface area contributed by atoms with Crippen molar-refractivity contribution in [3.8, 4) is 17.2 Å². The third kappa shape index (κ3) is 2.21. The molecule has 0 unspecified atom stereocenters. The van der Waals surface area contributed by atoms with Gasteiger partial charge in [-0.3, -0.25) is 4.79 Å². The molecule has 0 aromatic heterocycles. The van der Waals surface area contributed by atoms with Crippen LogP contribution in [0.4, 0.5) is 0 Å². The highest BCUT2D eigenvalue weighted by molar-refractivity contribution is 6.01. The molecule has 1 amide bonds. The Morgan fingerprint density at radius 3 is 2.47 bits per heavy atom. The first-order chi connectivity index (χ1) is 9.06. The van der Waals surface area contributed by atoms with Crippen LogP contribution >= 0.6 is 0 Å². The maximum atomic E-state index is 11.6. The zero-order valence-electron chi connectivity index (χ0n) is 10.9. The van der Waals surface area contributed by atoms with Gasteiger partial charge >= 0.3 is 0 Å². The molecule has 2 aromatic carbocycles. The summed E-state index contributed by atoms with van der Waals surface area (Å²) in [6.07, 6.45) is 0. The number of aryl methyl sites for hydroxylation is 1. The highest BCUT2D eigenvalue weighted by atomic mass is 16.1. The zero-order chi connectivity index (χ0) is 14.0. The summed E-state index contributed by atoms with van der Waals surface area (Å²) in [7, 11) is 0. The summed E-state index contributed by atoms with van der Waals surface area (Å²) in [6.45, 7) is 3.97. The van der Waals surface area contributed by atoms with Crippen molar-refractivity contribution in [2.75, 3.05) is 0 Å². The highest BCUT2D eigenvalue weighted by Gasteiger charge is 2.16. The summed E-state index contributed by atoms with van der Waals surface area (Å²) in [4.78, 5) is 11.6. The van der Waals surface area contributed by atoms with Gasteiger partial charge in [-0.2, -0.15) is 5.26 Å². The SMILES string of the molecule is Cc1cccc(-c2c(C#N)cccc2C(N)=O)c1C. The van der Waals surface area contributed by atoms with Gasteiger partial charge in [0.05, 0.1) is 11.6 Å². The van der Waals surface area contributed by atoms with Crippen molar-refractivity contribution in [1.82, 2.24) is 0 Å². The number of amides is 1. The Morgan fingerprint density at radius 1 is 1.16 bits per heavy atom. The van der Waals surface area contributed by atoms with E-state index in [1.54, 1.807) is 18.2 Å². The van der Waals surface area contributed by atoms with Gasteiger partial charge in [0.15, 0.2) is 0 Å². The van der Waals surface area contributed by atoms with Gasteiger partial charge in [-0.1, -0.05) is 24.3 Å². The van der Waals surface area contributed by atoms with E-state index in [0.717, 1.165) is 16.7 Å². The summed E-state index contributed by atoms with van der Waals surface area (Å²) < 4.78 is 0. The number of nitrogens with zero attached hydrogens (tertiary/aromatic N) is 1. The van der Waals surface area contributed by atoms with Crippen LogP contribution in [0.1, 0.15) is 27.0 Å².